The zero-order chi connectivity index (χ0) is 18.8. The maximum atomic E-state index is 5.85. The Bertz CT molecular complexity index is 1090. The van der Waals surface area contributed by atoms with E-state index in [2.05, 4.69) is 43.2 Å². The molecule has 0 saturated heterocycles. The van der Waals surface area contributed by atoms with Crippen LogP contribution in [-0.4, -0.2) is 24.9 Å². The summed E-state index contributed by atoms with van der Waals surface area (Å²) in [4.78, 5) is 20.7. The Kier molecular flexibility index (Phi) is 4.64. The molecule has 27 heavy (non-hydrogen) atoms. The van der Waals surface area contributed by atoms with Crippen LogP contribution in [0.15, 0.2) is 47.6 Å². The summed E-state index contributed by atoms with van der Waals surface area (Å²) in [5.74, 6) is 1.75. The largest absolute Gasteiger partial charge is 0.368 e. The molecule has 0 unspecified atom stereocenters. The number of anilines is 3. The second-order valence-electron chi connectivity index (χ2n) is 6.28. The highest BCUT2D eigenvalue weighted by Gasteiger charge is 2.08. The van der Waals surface area contributed by atoms with Crippen LogP contribution in [0.5, 0.6) is 0 Å². The molecule has 7 nitrogen and oxygen atoms in total. The number of hydrogen-bond acceptors (Lipinski definition) is 7. The molecule has 0 bridgehead atoms. The van der Waals surface area contributed by atoms with Gasteiger partial charge >= 0.3 is 0 Å². The molecule has 8 heteroatoms. The SMILES string of the molecule is Cc1ccc(Nc2nc(N)nc(CSc3nc4ccc(C)cc4[nH]3)n2)cc1. The van der Waals surface area contributed by atoms with Gasteiger partial charge in [0.2, 0.25) is 11.9 Å². The molecule has 4 rings (SSSR count). The lowest BCUT2D eigenvalue weighted by molar-refractivity contribution is 0.976. The fourth-order valence-electron chi connectivity index (χ4n) is 2.63. The molecule has 0 fully saturated rings. The highest BCUT2D eigenvalue weighted by atomic mass is 32.2. The number of rotatable bonds is 5. The minimum atomic E-state index is 0.190. The number of thioether (sulfide) groups is 1. The number of aryl methyl sites for hydroxylation is 2. The van der Waals surface area contributed by atoms with Crippen molar-refractivity contribution < 1.29 is 0 Å². The topological polar surface area (TPSA) is 105 Å². The molecular weight excluding hydrogens is 358 g/mol. The third-order valence-corrected chi connectivity index (χ3v) is 4.83. The molecule has 0 atom stereocenters. The molecule has 136 valence electrons. The van der Waals surface area contributed by atoms with E-state index >= 15 is 0 Å². The Morgan fingerprint density at radius 2 is 1.74 bits per heavy atom. The number of nitrogen functional groups attached to an aromatic ring is 1. The number of imidazole rings is 1. The molecule has 4 aromatic rings. The van der Waals surface area contributed by atoms with Gasteiger partial charge in [-0.25, -0.2) is 4.98 Å². The second-order valence-corrected chi connectivity index (χ2v) is 7.24. The van der Waals surface area contributed by atoms with Crippen molar-refractivity contribution in [3.63, 3.8) is 0 Å². The summed E-state index contributed by atoms with van der Waals surface area (Å²) in [6.07, 6.45) is 0. The molecule has 0 aliphatic heterocycles. The Labute approximate surface area is 160 Å². The predicted molar refractivity (Wildman–Crippen MR) is 109 cm³/mol. The van der Waals surface area contributed by atoms with E-state index in [1.807, 2.05) is 43.3 Å². The van der Waals surface area contributed by atoms with Gasteiger partial charge in [-0.15, -0.1) is 0 Å². The fourth-order valence-corrected chi connectivity index (χ4v) is 3.37. The van der Waals surface area contributed by atoms with Crippen LogP contribution in [-0.2, 0) is 5.75 Å². The van der Waals surface area contributed by atoms with Gasteiger partial charge in [0.25, 0.3) is 0 Å². The predicted octanol–water partition coefficient (Wildman–Crippen LogP) is 3.98. The summed E-state index contributed by atoms with van der Waals surface area (Å²) >= 11 is 1.53. The minimum absolute atomic E-state index is 0.190. The van der Waals surface area contributed by atoms with E-state index in [0.29, 0.717) is 17.5 Å². The molecule has 0 saturated carbocycles. The minimum Gasteiger partial charge on any atom is -0.368 e. The monoisotopic (exact) mass is 377 g/mol. The van der Waals surface area contributed by atoms with Crippen LogP contribution in [0.1, 0.15) is 17.0 Å². The number of hydrogen-bond donors (Lipinski definition) is 3. The van der Waals surface area contributed by atoms with Crippen molar-refractivity contribution in [1.29, 1.82) is 0 Å². The first kappa shape index (κ1) is 17.3. The van der Waals surface area contributed by atoms with Crippen molar-refractivity contribution in [2.24, 2.45) is 0 Å². The summed E-state index contributed by atoms with van der Waals surface area (Å²) in [6.45, 7) is 4.10. The average Bonchev–Trinajstić information content (AvgIpc) is 3.03. The van der Waals surface area contributed by atoms with Gasteiger partial charge in [0.15, 0.2) is 5.16 Å². The second kappa shape index (κ2) is 7.24. The molecule has 0 amide bonds. The third kappa shape index (κ3) is 4.17. The summed E-state index contributed by atoms with van der Waals surface area (Å²) in [6, 6.07) is 14.1. The van der Waals surface area contributed by atoms with Crippen molar-refractivity contribution in [2.75, 3.05) is 11.1 Å². The van der Waals surface area contributed by atoms with Crippen LogP contribution in [0.2, 0.25) is 0 Å². The molecule has 0 radical (unpaired) electrons. The van der Waals surface area contributed by atoms with Gasteiger partial charge in [-0.3, -0.25) is 0 Å². The summed E-state index contributed by atoms with van der Waals surface area (Å²) in [7, 11) is 0. The summed E-state index contributed by atoms with van der Waals surface area (Å²) < 4.78 is 0. The number of aromatic nitrogens is 5. The van der Waals surface area contributed by atoms with Crippen LogP contribution >= 0.6 is 11.8 Å². The van der Waals surface area contributed by atoms with Crippen molar-refractivity contribution in [1.82, 2.24) is 24.9 Å². The van der Waals surface area contributed by atoms with Gasteiger partial charge in [-0.2, -0.15) is 15.0 Å². The zero-order valence-electron chi connectivity index (χ0n) is 15.0. The molecule has 0 aliphatic carbocycles. The van der Waals surface area contributed by atoms with Crippen molar-refractivity contribution >= 4 is 40.4 Å². The molecule has 2 heterocycles. The number of nitrogens with two attached hydrogens (primary N) is 1. The van der Waals surface area contributed by atoms with Crippen LogP contribution in [0, 0.1) is 13.8 Å². The Hall–Kier alpha value is -3.13. The molecule has 2 aromatic heterocycles. The molecule has 2 aromatic carbocycles. The van der Waals surface area contributed by atoms with Gasteiger partial charge in [-0.1, -0.05) is 35.5 Å². The third-order valence-electron chi connectivity index (χ3n) is 3.96. The zero-order valence-corrected chi connectivity index (χ0v) is 15.8. The lowest BCUT2D eigenvalue weighted by Crippen LogP contribution is -2.06. The normalized spacial score (nSPS) is 11.0. The number of benzene rings is 2. The Morgan fingerprint density at radius 1 is 0.963 bits per heavy atom. The fraction of sp³-hybridized carbons (Fsp3) is 0.158. The quantitative estimate of drug-likeness (QED) is 0.452. The number of fused-ring (bicyclic) bond motifs is 1. The van der Waals surface area contributed by atoms with Gasteiger partial charge in [0.05, 0.1) is 16.8 Å². The van der Waals surface area contributed by atoms with Crippen molar-refractivity contribution in [2.45, 2.75) is 24.8 Å². The van der Waals surface area contributed by atoms with E-state index in [9.17, 15) is 0 Å². The molecule has 0 spiro atoms. The summed E-state index contributed by atoms with van der Waals surface area (Å²) in [5.41, 5.74) is 11.1. The average molecular weight is 377 g/mol. The van der Waals surface area contributed by atoms with E-state index in [-0.39, 0.29) is 5.95 Å². The highest BCUT2D eigenvalue weighted by Crippen LogP contribution is 2.23. The maximum Gasteiger partial charge on any atom is 0.232 e. The number of H-pyrrole nitrogens is 1. The highest BCUT2D eigenvalue weighted by molar-refractivity contribution is 7.98. The van der Waals surface area contributed by atoms with E-state index < -0.39 is 0 Å². The van der Waals surface area contributed by atoms with Gasteiger partial charge in [0.1, 0.15) is 5.82 Å². The lowest BCUT2D eigenvalue weighted by Gasteiger charge is -2.07. The molecule has 0 aliphatic rings. The number of aromatic amines is 1. The van der Waals surface area contributed by atoms with Gasteiger partial charge in [-0.05, 0) is 43.7 Å². The van der Waals surface area contributed by atoms with E-state index in [1.165, 1.54) is 22.9 Å². The maximum absolute atomic E-state index is 5.85. The van der Waals surface area contributed by atoms with Crippen LogP contribution in [0.3, 0.4) is 0 Å². The first-order chi connectivity index (χ1) is 13.0. The smallest absolute Gasteiger partial charge is 0.232 e. The Morgan fingerprint density at radius 3 is 2.56 bits per heavy atom. The van der Waals surface area contributed by atoms with Gasteiger partial charge in [0, 0.05) is 5.69 Å². The summed E-state index contributed by atoms with van der Waals surface area (Å²) in [5, 5.41) is 3.99. The number of nitrogens with one attached hydrogen (secondary N) is 2. The van der Waals surface area contributed by atoms with Crippen LogP contribution in [0.25, 0.3) is 11.0 Å². The van der Waals surface area contributed by atoms with Gasteiger partial charge < -0.3 is 16.0 Å². The van der Waals surface area contributed by atoms with E-state index in [0.717, 1.165) is 21.9 Å². The standard InChI is InChI=1S/C19H19N7S/c1-11-3-6-13(7-4-11)21-18-25-16(24-17(20)26-18)10-27-19-22-14-8-5-12(2)9-15(14)23-19/h3-9H,10H2,1-2H3,(H,22,23)(H3,20,21,24,25,26). The number of nitrogens with zero attached hydrogens (tertiary/aromatic N) is 4. The van der Waals surface area contributed by atoms with Crippen molar-refractivity contribution in [3.05, 3.63) is 59.4 Å². The van der Waals surface area contributed by atoms with E-state index in [4.69, 9.17) is 5.73 Å². The van der Waals surface area contributed by atoms with E-state index in [1.54, 1.807) is 0 Å². The van der Waals surface area contributed by atoms with Crippen LogP contribution < -0.4 is 11.1 Å². The Balaban J connectivity index is 1.49. The first-order valence-electron chi connectivity index (χ1n) is 8.48. The first-order valence-corrected chi connectivity index (χ1v) is 9.47. The lowest BCUT2D eigenvalue weighted by atomic mass is 10.2. The molecular formula is C19H19N7S. The van der Waals surface area contributed by atoms with Crippen LogP contribution in [0.4, 0.5) is 17.6 Å². The molecule has 4 N–H and O–H groups in total. The van der Waals surface area contributed by atoms with Crippen molar-refractivity contribution in [3.8, 4) is 0 Å².